The van der Waals surface area contributed by atoms with Crippen LogP contribution in [0.2, 0.25) is 5.02 Å². The standard InChI is InChI=1S/C15H14ClNO4/c1-15-5-4-8(7-15)12(13(15)14(18)19)10-6-9(17(20)21)2-3-11(10)16/h2-6,8,12-13H,7H2,1H3,(H,18,19). The largest absolute Gasteiger partial charge is 0.481 e. The summed E-state index contributed by atoms with van der Waals surface area (Å²) in [7, 11) is 0. The van der Waals surface area contributed by atoms with Gasteiger partial charge >= 0.3 is 5.97 Å². The Labute approximate surface area is 126 Å². The summed E-state index contributed by atoms with van der Waals surface area (Å²) in [6, 6.07) is 4.24. The third-order valence-corrected chi connectivity index (χ3v) is 5.09. The zero-order valence-corrected chi connectivity index (χ0v) is 12.1. The van der Waals surface area contributed by atoms with Gasteiger partial charge in [0.1, 0.15) is 0 Å². The summed E-state index contributed by atoms with van der Waals surface area (Å²) < 4.78 is 0. The molecular formula is C15H14ClNO4. The molecule has 2 aliphatic rings. The van der Waals surface area contributed by atoms with Crippen molar-refractivity contribution in [3.05, 3.63) is 51.1 Å². The highest BCUT2D eigenvalue weighted by molar-refractivity contribution is 6.31. The fourth-order valence-electron chi connectivity index (χ4n) is 3.87. The van der Waals surface area contributed by atoms with Crippen LogP contribution >= 0.6 is 11.6 Å². The molecule has 1 saturated carbocycles. The van der Waals surface area contributed by atoms with Gasteiger partial charge in [0, 0.05) is 23.1 Å². The Morgan fingerprint density at radius 2 is 2.24 bits per heavy atom. The van der Waals surface area contributed by atoms with Crippen LogP contribution in [0.4, 0.5) is 5.69 Å². The second-order valence-corrected chi connectivity index (χ2v) is 6.44. The summed E-state index contributed by atoms with van der Waals surface area (Å²) in [5.41, 5.74) is 0.0987. The SMILES string of the molecule is CC12C=CC(C1)C(c1cc([N+](=O)[O-])ccc1Cl)C2C(=O)O. The van der Waals surface area contributed by atoms with Gasteiger partial charge in [-0.2, -0.15) is 0 Å². The number of non-ortho nitro benzene ring substituents is 1. The Morgan fingerprint density at radius 3 is 2.86 bits per heavy atom. The van der Waals surface area contributed by atoms with Crippen molar-refractivity contribution in [1.82, 2.24) is 0 Å². The number of hydrogen-bond donors (Lipinski definition) is 1. The van der Waals surface area contributed by atoms with Gasteiger partial charge in [0.2, 0.25) is 0 Å². The minimum absolute atomic E-state index is 0.0598. The molecule has 4 unspecified atom stereocenters. The molecule has 110 valence electrons. The Bertz CT molecular complexity index is 672. The van der Waals surface area contributed by atoms with Crippen LogP contribution in [-0.2, 0) is 4.79 Å². The highest BCUT2D eigenvalue weighted by Crippen LogP contribution is 2.61. The number of rotatable bonds is 3. The molecule has 4 atom stereocenters. The summed E-state index contributed by atoms with van der Waals surface area (Å²) in [6.45, 7) is 1.92. The van der Waals surface area contributed by atoms with E-state index in [0.717, 1.165) is 6.42 Å². The molecule has 1 aromatic rings. The number of fused-ring (bicyclic) bond motifs is 2. The van der Waals surface area contributed by atoms with Gasteiger partial charge < -0.3 is 5.11 Å². The van der Waals surface area contributed by atoms with Gasteiger partial charge in [-0.05, 0) is 29.4 Å². The number of allylic oxidation sites excluding steroid dienone is 2. The van der Waals surface area contributed by atoms with E-state index >= 15 is 0 Å². The highest BCUT2D eigenvalue weighted by atomic mass is 35.5. The molecule has 1 aromatic carbocycles. The second kappa shape index (κ2) is 4.56. The number of hydrogen-bond acceptors (Lipinski definition) is 3. The van der Waals surface area contributed by atoms with Gasteiger partial charge in [-0.25, -0.2) is 0 Å². The van der Waals surface area contributed by atoms with Crippen molar-refractivity contribution in [2.24, 2.45) is 17.3 Å². The fraction of sp³-hybridized carbons (Fsp3) is 0.400. The molecule has 1 N–H and O–H groups in total. The molecular weight excluding hydrogens is 294 g/mol. The predicted octanol–water partition coefficient (Wildman–Crippen LogP) is 3.63. The van der Waals surface area contributed by atoms with Gasteiger partial charge in [0.25, 0.3) is 5.69 Å². The smallest absolute Gasteiger partial charge is 0.308 e. The topological polar surface area (TPSA) is 80.4 Å². The van der Waals surface area contributed by atoms with E-state index < -0.39 is 22.2 Å². The summed E-state index contributed by atoms with van der Waals surface area (Å²) in [5.74, 6) is -1.73. The number of nitro groups is 1. The number of halogens is 1. The minimum Gasteiger partial charge on any atom is -0.481 e. The van der Waals surface area contributed by atoms with Crippen LogP contribution < -0.4 is 0 Å². The molecule has 2 aliphatic carbocycles. The molecule has 21 heavy (non-hydrogen) atoms. The van der Waals surface area contributed by atoms with Gasteiger partial charge in [0.15, 0.2) is 0 Å². The molecule has 5 nitrogen and oxygen atoms in total. The first-order valence-electron chi connectivity index (χ1n) is 6.69. The van der Waals surface area contributed by atoms with Crippen molar-refractivity contribution in [2.75, 3.05) is 0 Å². The van der Waals surface area contributed by atoms with Gasteiger partial charge in [0.05, 0.1) is 10.8 Å². The Morgan fingerprint density at radius 1 is 1.52 bits per heavy atom. The quantitative estimate of drug-likeness (QED) is 0.525. The number of benzene rings is 1. The molecule has 6 heteroatoms. The number of carboxylic acids is 1. The maximum atomic E-state index is 11.7. The lowest BCUT2D eigenvalue weighted by Crippen LogP contribution is -2.32. The molecule has 0 aliphatic heterocycles. The van der Waals surface area contributed by atoms with Crippen LogP contribution in [-0.4, -0.2) is 16.0 Å². The minimum atomic E-state index is -0.878. The molecule has 1 fully saturated rings. The average molecular weight is 308 g/mol. The lowest BCUT2D eigenvalue weighted by Gasteiger charge is -2.31. The highest BCUT2D eigenvalue weighted by Gasteiger charge is 2.56. The normalized spacial score (nSPS) is 33.3. The maximum absolute atomic E-state index is 11.7. The van der Waals surface area contributed by atoms with Crippen molar-refractivity contribution in [3.63, 3.8) is 0 Å². The third kappa shape index (κ3) is 2.03. The number of nitrogens with zero attached hydrogens (tertiary/aromatic N) is 1. The molecule has 0 spiro atoms. The first-order valence-corrected chi connectivity index (χ1v) is 7.07. The Balaban J connectivity index is 2.12. The molecule has 0 saturated heterocycles. The van der Waals surface area contributed by atoms with E-state index in [9.17, 15) is 20.0 Å². The predicted molar refractivity (Wildman–Crippen MR) is 77.3 cm³/mol. The number of aliphatic carboxylic acids is 1. The van der Waals surface area contributed by atoms with E-state index in [-0.39, 0.29) is 17.5 Å². The zero-order chi connectivity index (χ0) is 15.4. The van der Waals surface area contributed by atoms with Crippen LogP contribution in [0.25, 0.3) is 0 Å². The summed E-state index contributed by atoms with van der Waals surface area (Å²) in [6.07, 6.45) is 4.71. The van der Waals surface area contributed by atoms with E-state index in [1.807, 2.05) is 19.1 Å². The van der Waals surface area contributed by atoms with Crippen molar-refractivity contribution < 1.29 is 14.8 Å². The van der Waals surface area contributed by atoms with Crippen LogP contribution in [0, 0.1) is 27.4 Å². The van der Waals surface area contributed by atoms with E-state index in [4.69, 9.17) is 11.6 Å². The Kier molecular flexibility index (Phi) is 3.06. The summed E-state index contributed by atoms with van der Waals surface area (Å²) in [5, 5.41) is 20.9. The van der Waals surface area contributed by atoms with Gasteiger partial charge in [-0.3, -0.25) is 14.9 Å². The fourth-order valence-corrected chi connectivity index (χ4v) is 4.11. The summed E-state index contributed by atoms with van der Waals surface area (Å²) in [4.78, 5) is 22.2. The third-order valence-electron chi connectivity index (χ3n) is 4.75. The van der Waals surface area contributed by atoms with E-state index in [1.54, 1.807) is 0 Å². The number of carboxylic acid groups (broad SMARTS) is 1. The molecule has 3 rings (SSSR count). The lowest BCUT2D eigenvalue weighted by atomic mass is 9.72. The van der Waals surface area contributed by atoms with Gasteiger partial charge in [-0.1, -0.05) is 30.7 Å². The molecule has 0 radical (unpaired) electrons. The monoisotopic (exact) mass is 307 g/mol. The van der Waals surface area contributed by atoms with Crippen molar-refractivity contribution in [3.8, 4) is 0 Å². The van der Waals surface area contributed by atoms with Crippen molar-refractivity contribution in [2.45, 2.75) is 19.3 Å². The lowest BCUT2D eigenvalue weighted by molar-refractivity contribution is -0.384. The van der Waals surface area contributed by atoms with Crippen LogP contribution in [0.3, 0.4) is 0 Å². The molecule has 0 amide bonds. The zero-order valence-electron chi connectivity index (χ0n) is 11.3. The van der Waals surface area contributed by atoms with Crippen molar-refractivity contribution in [1.29, 1.82) is 0 Å². The molecule has 0 heterocycles. The number of nitro benzene ring substituents is 1. The summed E-state index contributed by atoms with van der Waals surface area (Å²) >= 11 is 6.19. The maximum Gasteiger partial charge on any atom is 0.308 e. The van der Waals surface area contributed by atoms with E-state index in [1.165, 1.54) is 18.2 Å². The molecule has 2 bridgehead atoms. The van der Waals surface area contributed by atoms with Gasteiger partial charge in [-0.15, -0.1) is 0 Å². The first-order chi connectivity index (χ1) is 9.83. The first kappa shape index (κ1) is 14.1. The average Bonchev–Trinajstić information content (AvgIpc) is 2.91. The van der Waals surface area contributed by atoms with Crippen LogP contribution in [0.5, 0.6) is 0 Å². The Hall–Kier alpha value is -1.88. The van der Waals surface area contributed by atoms with E-state index in [0.29, 0.717) is 10.6 Å². The number of carbonyl (C=O) groups is 1. The van der Waals surface area contributed by atoms with Crippen LogP contribution in [0.1, 0.15) is 24.8 Å². The molecule has 0 aromatic heterocycles. The second-order valence-electron chi connectivity index (χ2n) is 6.04. The van der Waals surface area contributed by atoms with E-state index in [2.05, 4.69) is 0 Å². The van der Waals surface area contributed by atoms with Crippen molar-refractivity contribution >= 4 is 23.3 Å². The van der Waals surface area contributed by atoms with Crippen LogP contribution in [0.15, 0.2) is 30.4 Å².